The van der Waals surface area contributed by atoms with Crippen LogP contribution in [0.4, 0.5) is 5.69 Å². The smallest absolute Gasteiger partial charge is 0.272 e. The largest absolute Gasteiger partial charge is 0.399 e. The lowest BCUT2D eigenvalue weighted by Gasteiger charge is -2.06. The van der Waals surface area contributed by atoms with Crippen molar-refractivity contribution in [2.75, 3.05) is 5.73 Å². The number of aryl methyl sites for hydroxylation is 1. The minimum Gasteiger partial charge on any atom is -0.399 e. The van der Waals surface area contributed by atoms with Gasteiger partial charge < -0.3 is 15.6 Å². The summed E-state index contributed by atoms with van der Waals surface area (Å²) in [7, 11) is 1.83. The number of carbonyl (C=O) groups is 1. The second-order valence-corrected chi connectivity index (χ2v) is 4.38. The van der Waals surface area contributed by atoms with Gasteiger partial charge in [0.2, 0.25) is 0 Å². The monoisotopic (exact) mass is 268 g/mol. The Bertz CT molecular complexity index is 725. The number of carbonyl (C=O) groups excluding carboxylic acids is 1. The van der Waals surface area contributed by atoms with E-state index in [9.17, 15) is 4.79 Å². The number of hydrogen-bond acceptors (Lipinski definition) is 3. The molecule has 0 bridgehead atoms. The summed E-state index contributed by atoms with van der Waals surface area (Å²) in [4.78, 5) is 15.7. The van der Waals surface area contributed by atoms with Crippen LogP contribution in [0.15, 0.2) is 53.8 Å². The van der Waals surface area contributed by atoms with E-state index in [1.807, 2.05) is 23.7 Å². The van der Waals surface area contributed by atoms with Crippen molar-refractivity contribution in [3.8, 4) is 0 Å². The van der Waals surface area contributed by atoms with E-state index in [-0.39, 0.29) is 5.91 Å². The number of nitrogen functional groups attached to an aromatic ring is 1. The maximum atomic E-state index is 12.2. The topological polar surface area (TPSA) is 72.4 Å². The predicted octanol–water partition coefficient (Wildman–Crippen LogP) is 2.22. The van der Waals surface area contributed by atoms with Crippen LogP contribution in [0.1, 0.15) is 10.5 Å². The van der Waals surface area contributed by atoms with E-state index in [0.717, 1.165) is 10.9 Å². The highest BCUT2D eigenvalue weighted by molar-refractivity contribution is 6.00. The maximum Gasteiger partial charge on any atom is 0.272 e. The van der Waals surface area contributed by atoms with Crippen LogP contribution in [0, 0.1) is 0 Å². The summed E-state index contributed by atoms with van der Waals surface area (Å²) in [6, 6.07) is 7.32. The van der Waals surface area contributed by atoms with E-state index in [1.54, 1.807) is 18.2 Å². The van der Waals surface area contributed by atoms with Gasteiger partial charge in [0.1, 0.15) is 5.69 Å². The third-order valence-corrected chi connectivity index (χ3v) is 2.95. The lowest BCUT2D eigenvalue weighted by Crippen LogP contribution is -2.23. The van der Waals surface area contributed by atoms with Gasteiger partial charge in [-0.05, 0) is 37.1 Å². The molecule has 5 nitrogen and oxygen atoms in total. The lowest BCUT2D eigenvalue weighted by atomic mass is 10.2. The molecule has 1 amide bonds. The average molecular weight is 268 g/mol. The zero-order valence-corrected chi connectivity index (χ0v) is 11.3. The van der Waals surface area contributed by atoms with Crippen LogP contribution in [0.3, 0.4) is 0 Å². The Kier molecular flexibility index (Phi) is 3.70. The number of nitrogens with two attached hydrogens (primary N) is 1. The van der Waals surface area contributed by atoms with Gasteiger partial charge in [0.25, 0.3) is 5.91 Å². The molecule has 0 atom stereocenters. The number of aliphatic imine (C=N–C) groups is 1. The highest BCUT2D eigenvalue weighted by Crippen LogP contribution is 2.21. The van der Waals surface area contributed by atoms with Crippen molar-refractivity contribution in [2.45, 2.75) is 0 Å². The average Bonchev–Trinajstić information content (AvgIpc) is 2.73. The number of aromatic nitrogens is 1. The van der Waals surface area contributed by atoms with Gasteiger partial charge in [-0.2, -0.15) is 0 Å². The van der Waals surface area contributed by atoms with Crippen LogP contribution >= 0.6 is 0 Å². The fourth-order valence-electron chi connectivity index (χ4n) is 1.98. The molecule has 0 fully saturated rings. The zero-order chi connectivity index (χ0) is 14.7. The Balaban J connectivity index is 2.31. The fourth-order valence-corrected chi connectivity index (χ4v) is 1.98. The van der Waals surface area contributed by atoms with Crippen molar-refractivity contribution in [1.29, 1.82) is 0 Å². The van der Waals surface area contributed by atoms with Gasteiger partial charge >= 0.3 is 0 Å². The highest BCUT2D eigenvalue weighted by atomic mass is 16.1. The first kappa shape index (κ1) is 13.6. The molecule has 0 radical (unpaired) electrons. The minimum atomic E-state index is -0.235. The highest BCUT2D eigenvalue weighted by Gasteiger charge is 2.13. The van der Waals surface area contributed by atoms with E-state index in [4.69, 9.17) is 5.73 Å². The summed E-state index contributed by atoms with van der Waals surface area (Å²) >= 11 is 0. The van der Waals surface area contributed by atoms with Crippen molar-refractivity contribution >= 4 is 29.2 Å². The second kappa shape index (κ2) is 5.44. The molecular formula is C15H16N4O. The third-order valence-electron chi connectivity index (χ3n) is 2.95. The summed E-state index contributed by atoms with van der Waals surface area (Å²) in [6.07, 6.45) is 3.04. The SMILES string of the molecule is C=N/C=C\C(=C)NC(=O)c1cc2cc(N)ccc2n1C. The first-order valence-corrected chi connectivity index (χ1v) is 6.00. The van der Waals surface area contributed by atoms with Crippen LogP contribution in [-0.2, 0) is 7.05 Å². The number of amides is 1. The number of hydrogen-bond donors (Lipinski definition) is 2. The van der Waals surface area contributed by atoms with Gasteiger partial charge in [-0.25, -0.2) is 0 Å². The summed E-state index contributed by atoms with van der Waals surface area (Å²) < 4.78 is 1.81. The normalized spacial score (nSPS) is 10.8. The van der Waals surface area contributed by atoms with E-state index in [0.29, 0.717) is 17.1 Å². The molecule has 0 aliphatic heterocycles. The number of fused-ring (bicyclic) bond motifs is 1. The summed E-state index contributed by atoms with van der Waals surface area (Å²) in [6.45, 7) is 7.03. The molecule has 1 aromatic carbocycles. The van der Waals surface area contributed by atoms with Gasteiger partial charge in [-0.3, -0.25) is 9.79 Å². The van der Waals surface area contributed by atoms with E-state index >= 15 is 0 Å². The maximum absolute atomic E-state index is 12.2. The molecule has 2 aromatic rings. The number of anilines is 1. The predicted molar refractivity (Wildman–Crippen MR) is 82.6 cm³/mol. The Morgan fingerprint density at radius 1 is 1.45 bits per heavy atom. The molecule has 1 heterocycles. The number of rotatable bonds is 4. The van der Waals surface area contributed by atoms with Gasteiger partial charge in [0.05, 0.1) is 0 Å². The molecule has 0 saturated carbocycles. The quantitative estimate of drug-likeness (QED) is 0.507. The zero-order valence-electron chi connectivity index (χ0n) is 11.3. The molecule has 3 N–H and O–H groups in total. The molecule has 20 heavy (non-hydrogen) atoms. The van der Waals surface area contributed by atoms with Crippen molar-refractivity contribution in [1.82, 2.24) is 9.88 Å². The molecule has 0 aliphatic carbocycles. The molecular weight excluding hydrogens is 252 g/mol. The number of nitrogens with zero attached hydrogens (tertiary/aromatic N) is 2. The van der Waals surface area contributed by atoms with E-state index in [2.05, 4.69) is 23.6 Å². The van der Waals surface area contributed by atoms with Crippen molar-refractivity contribution in [3.63, 3.8) is 0 Å². The fraction of sp³-hybridized carbons (Fsp3) is 0.0667. The molecule has 2 rings (SSSR count). The Morgan fingerprint density at radius 3 is 2.90 bits per heavy atom. The van der Waals surface area contributed by atoms with Gasteiger partial charge in [-0.1, -0.05) is 6.58 Å². The summed E-state index contributed by atoms with van der Waals surface area (Å²) in [5.74, 6) is -0.235. The lowest BCUT2D eigenvalue weighted by molar-refractivity contribution is 0.0960. The van der Waals surface area contributed by atoms with Crippen LogP contribution in [0.2, 0.25) is 0 Å². The van der Waals surface area contributed by atoms with Gasteiger partial charge in [-0.15, -0.1) is 0 Å². The first-order chi connectivity index (χ1) is 9.52. The first-order valence-electron chi connectivity index (χ1n) is 6.00. The van der Waals surface area contributed by atoms with Crippen LogP contribution in [0.25, 0.3) is 10.9 Å². The standard InChI is InChI=1S/C15H16N4O/c1-10(6-7-17-2)18-15(20)14-9-11-8-12(16)4-5-13(11)19(14)3/h4-9H,1-2,16H2,3H3,(H,18,20)/b7-6-. The molecule has 1 aromatic heterocycles. The van der Waals surface area contributed by atoms with Crippen LogP contribution in [-0.4, -0.2) is 17.2 Å². The van der Waals surface area contributed by atoms with Crippen molar-refractivity contribution < 1.29 is 4.79 Å². The Morgan fingerprint density at radius 2 is 2.20 bits per heavy atom. The van der Waals surface area contributed by atoms with Crippen molar-refractivity contribution in [3.05, 3.63) is 54.5 Å². The van der Waals surface area contributed by atoms with Crippen molar-refractivity contribution in [2.24, 2.45) is 12.0 Å². The summed E-state index contributed by atoms with van der Waals surface area (Å²) in [5, 5.41) is 3.61. The molecule has 5 heteroatoms. The molecule has 0 spiro atoms. The van der Waals surface area contributed by atoms with E-state index in [1.165, 1.54) is 6.20 Å². The number of benzene rings is 1. The molecule has 102 valence electrons. The molecule has 0 saturated heterocycles. The number of allylic oxidation sites excluding steroid dienone is 1. The van der Waals surface area contributed by atoms with Gasteiger partial charge in [0, 0.05) is 35.5 Å². The van der Waals surface area contributed by atoms with E-state index < -0.39 is 0 Å². The Hall–Kier alpha value is -2.82. The van der Waals surface area contributed by atoms with Gasteiger partial charge in [0.15, 0.2) is 0 Å². The van der Waals surface area contributed by atoms with Crippen LogP contribution in [0.5, 0.6) is 0 Å². The Labute approximate surface area is 117 Å². The minimum absolute atomic E-state index is 0.235. The number of nitrogens with one attached hydrogen (secondary N) is 1. The second-order valence-electron chi connectivity index (χ2n) is 4.38. The molecule has 0 unspecified atom stereocenters. The third kappa shape index (κ3) is 2.61. The summed E-state index contributed by atoms with van der Waals surface area (Å²) in [5.41, 5.74) is 8.34. The van der Waals surface area contributed by atoms with Crippen LogP contribution < -0.4 is 11.1 Å². The molecule has 0 aliphatic rings.